The lowest BCUT2D eigenvalue weighted by Gasteiger charge is -2.27. The fraction of sp³-hybridized carbons (Fsp3) is 0.238. The van der Waals surface area contributed by atoms with E-state index in [4.69, 9.17) is 9.47 Å². The van der Waals surface area contributed by atoms with Crippen LogP contribution in [0.1, 0.15) is 23.1 Å². The molecule has 0 aromatic heterocycles. The molecule has 2 heteroatoms. The van der Waals surface area contributed by atoms with E-state index in [2.05, 4.69) is 49.4 Å². The molecule has 0 fully saturated rings. The maximum absolute atomic E-state index is 6.07. The van der Waals surface area contributed by atoms with Crippen LogP contribution in [0, 0.1) is 6.92 Å². The summed E-state index contributed by atoms with van der Waals surface area (Å²) in [6, 6.07) is 21.1. The minimum atomic E-state index is -0.161. The molecule has 0 radical (unpaired) electrons. The van der Waals surface area contributed by atoms with Crippen molar-refractivity contribution >= 4 is 10.8 Å². The van der Waals surface area contributed by atoms with Gasteiger partial charge < -0.3 is 9.47 Å². The number of ether oxygens (including phenoxy) is 2. The Labute approximate surface area is 136 Å². The molecule has 0 amide bonds. The van der Waals surface area contributed by atoms with Crippen LogP contribution in [-0.2, 0) is 17.8 Å². The summed E-state index contributed by atoms with van der Waals surface area (Å²) in [5.41, 5.74) is 3.77. The van der Waals surface area contributed by atoms with Gasteiger partial charge in [-0.1, -0.05) is 60.2 Å². The van der Waals surface area contributed by atoms with Crippen molar-refractivity contribution in [2.75, 3.05) is 0 Å². The summed E-state index contributed by atoms with van der Waals surface area (Å²) >= 11 is 0. The zero-order chi connectivity index (χ0) is 15.6. The first-order valence-corrected chi connectivity index (χ1v) is 8.14. The number of fused-ring (bicyclic) bond motifs is 3. The molecule has 0 unspecified atom stereocenters. The van der Waals surface area contributed by atoms with E-state index < -0.39 is 0 Å². The summed E-state index contributed by atoms with van der Waals surface area (Å²) in [4.78, 5) is 0. The standard InChI is InChI=1S/C21H20O2/c1-15-7-9-18-17(13-15)8-11-20-19(18)10-12-21(23-20)22-14-16-5-3-2-4-6-16/h2-9,11,13,21H,10,12,14H2,1H3/t21-/m0/s1. The zero-order valence-corrected chi connectivity index (χ0v) is 13.3. The highest BCUT2D eigenvalue weighted by atomic mass is 16.7. The van der Waals surface area contributed by atoms with Gasteiger partial charge in [0.25, 0.3) is 0 Å². The third kappa shape index (κ3) is 2.95. The Kier molecular flexibility index (Phi) is 3.76. The molecule has 1 aliphatic rings. The molecule has 0 spiro atoms. The molecule has 23 heavy (non-hydrogen) atoms. The topological polar surface area (TPSA) is 18.5 Å². The fourth-order valence-electron chi connectivity index (χ4n) is 3.21. The normalized spacial score (nSPS) is 16.8. The first kappa shape index (κ1) is 14.3. The van der Waals surface area contributed by atoms with Crippen LogP contribution in [0.2, 0.25) is 0 Å². The van der Waals surface area contributed by atoms with Gasteiger partial charge in [-0.2, -0.15) is 0 Å². The lowest BCUT2D eigenvalue weighted by atomic mass is 9.97. The highest BCUT2D eigenvalue weighted by molar-refractivity contribution is 5.88. The van der Waals surface area contributed by atoms with Crippen molar-refractivity contribution in [3.63, 3.8) is 0 Å². The maximum atomic E-state index is 6.07. The molecule has 0 saturated carbocycles. The quantitative estimate of drug-likeness (QED) is 0.676. The van der Waals surface area contributed by atoms with Crippen molar-refractivity contribution < 1.29 is 9.47 Å². The van der Waals surface area contributed by atoms with Gasteiger partial charge in [-0.05, 0) is 35.7 Å². The van der Waals surface area contributed by atoms with Crippen molar-refractivity contribution in [2.45, 2.75) is 32.7 Å². The van der Waals surface area contributed by atoms with Gasteiger partial charge in [-0.25, -0.2) is 0 Å². The second-order valence-electron chi connectivity index (χ2n) is 6.15. The Morgan fingerprint density at radius 1 is 1.04 bits per heavy atom. The van der Waals surface area contributed by atoms with Crippen LogP contribution in [-0.4, -0.2) is 6.29 Å². The average Bonchev–Trinajstić information content (AvgIpc) is 2.60. The van der Waals surface area contributed by atoms with Gasteiger partial charge in [0.05, 0.1) is 6.61 Å². The van der Waals surface area contributed by atoms with E-state index in [9.17, 15) is 0 Å². The Hall–Kier alpha value is -2.32. The number of rotatable bonds is 3. The molecule has 2 nitrogen and oxygen atoms in total. The first-order chi connectivity index (χ1) is 11.3. The van der Waals surface area contributed by atoms with E-state index in [1.165, 1.54) is 27.5 Å². The monoisotopic (exact) mass is 304 g/mol. The number of hydrogen-bond acceptors (Lipinski definition) is 2. The second kappa shape index (κ2) is 6.05. The Bertz CT molecular complexity index is 824. The molecule has 0 bridgehead atoms. The third-order valence-electron chi connectivity index (χ3n) is 4.41. The molecule has 4 rings (SSSR count). The van der Waals surface area contributed by atoms with Crippen LogP contribution in [0.15, 0.2) is 60.7 Å². The second-order valence-corrected chi connectivity index (χ2v) is 6.15. The number of hydrogen-bond donors (Lipinski definition) is 0. The van der Waals surface area contributed by atoms with Gasteiger partial charge in [-0.3, -0.25) is 0 Å². The van der Waals surface area contributed by atoms with Gasteiger partial charge in [0, 0.05) is 12.0 Å². The molecule has 1 atom stereocenters. The Morgan fingerprint density at radius 2 is 1.91 bits per heavy atom. The van der Waals surface area contributed by atoms with Gasteiger partial charge in [-0.15, -0.1) is 0 Å². The van der Waals surface area contributed by atoms with Gasteiger partial charge in [0.1, 0.15) is 5.75 Å². The lowest BCUT2D eigenvalue weighted by molar-refractivity contribution is -0.0993. The smallest absolute Gasteiger partial charge is 0.200 e. The van der Waals surface area contributed by atoms with Crippen LogP contribution >= 0.6 is 0 Å². The van der Waals surface area contributed by atoms with Crippen molar-refractivity contribution in [3.05, 3.63) is 77.4 Å². The lowest BCUT2D eigenvalue weighted by Crippen LogP contribution is -2.25. The van der Waals surface area contributed by atoms with Crippen molar-refractivity contribution in [1.29, 1.82) is 0 Å². The molecule has 116 valence electrons. The molecule has 0 aliphatic carbocycles. The van der Waals surface area contributed by atoms with Crippen LogP contribution < -0.4 is 4.74 Å². The molecular formula is C21H20O2. The minimum absolute atomic E-state index is 0.161. The van der Waals surface area contributed by atoms with E-state index in [0.717, 1.165) is 18.6 Å². The molecule has 1 aliphatic heterocycles. The van der Waals surface area contributed by atoms with Crippen LogP contribution in [0.3, 0.4) is 0 Å². The van der Waals surface area contributed by atoms with Crippen molar-refractivity contribution in [3.8, 4) is 5.75 Å². The largest absolute Gasteiger partial charge is 0.465 e. The van der Waals surface area contributed by atoms with Crippen molar-refractivity contribution in [1.82, 2.24) is 0 Å². The Morgan fingerprint density at radius 3 is 2.78 bits per heavy atom. The molecule has 3 aromatic carbocycles. The van der Waals surface area contributed by atoms with E-state index in [-0.39, 0.29) is 6.29 Å². The first-order valence-electron chi connectivity index (χ1n) is 8.14. The average molecular weight is 304 g/mol. The predicted molar refractivity (Wildman–Crippen MR) is 92.7 cm³/mol. The molecule has 1 heterocycles. The molecule has 0 saturated heterocycles. The number of benzene rings is 3. The Balaban J connectivity index is 1.52. The minimum Gasteiger partial charge on any atom is -0.465 e. The van der Waals surface area contributed by atoms with E-state index in [1.54, 1.807) is 0 Å². The predicted octanol–water partition coefficient (Wildman–Crippen LogP) is 5.02. The maximum Gasteiger partial charge on any atom is 0.200 e. The van der Waals surface area contributed by atoms with Crippen LogP contribution in [0.5, 0.6) is 5.75 Å². The van der Waals surface area contributed by atoms with E-state index in [1.807, 2.05) is 18.2 Å². The van der Waals surface area contributed by atoms with Crippen LogP contribution in [0.4, 0.5) is 0 Å². The number of aryl methyl sites for hydroxylation is 2. The van der Waals surface area contributed by atoms with Gasteiger partial charge in [0.2, 0.25) is 6.29 Å². The van der Waals surface area contributed by atoms with E-state index in [0.29, 0.717) is 6.61 Å². The molecule has 0 N–H and O–H groups in total. The van der Waals surface area contributed by atoms with Crippen molar-refractivity contribution in [2.24, 2.45) is 0 Å². The molecular weight excluding hydrogens is 284 g/mol. The third-order valence-corrected chi connectivity index (χ3v) is 4.41. The van der Waals surface area contributed by atoms with Crippen LogP contribution in [0.25, 0.3) is 10.8 Å². The van der Waals surface area contributed by atoms with Gasteiger partial charge >= 0.3 is 0 Å². The van der Waals surface area contributed by atoms with E-state index >= 15 is 0 Å². The summed E-state index contributed by atoms with van der Waals surface area (Å²) < 4.78 is 12.0. The molecule has 3 aromatic rings. The highest BCUT2D eigenvalue weighted by Crippen LogP contribution is 2.34. The SMILES string of the molecule is Cc1ccc2c3c(ccc2c1)O[C@H](OCc1ccccc1)CC3. The summed E-state index contributed by atoms with van der Waals surface area (Å²) in [6.45, 7) is 2.72. The highest BCUT2D eigenvalue weighted by Gasteiger charge is 2.21. The fourth-order valence-corrected chi connectivity index (χ4v) is 3.21. The summed E-state index contributed by atoms with van der Waals surface area (Å²) in [6.07, 6.45) is 1.73. The summed E-state index contributed by atoms with van der Waals surface area (Å²) in [5.74, 6) is 0.964. The van der Waals surface area contributed by atoms with Gasteiger partial charge in [0.15, 0.2) is 0 Å². The summed E-state index contributed by atoms with van der Waals surface area (Å²) in [7, 11) is 0. The zero-order valence-electron chi connectivity index (χ0n) is 13.3. The summed E-state index contributed by atoms with van der Waals surface area (Å²) in [5, 5.41) is 2.59.